The van der Waals surface area contributed by atoms with Crippen molar-refractivity contribution in [2.75, 3.05) is 19.8 Å². The standard InChI is InChI=1S/C11H23NO2/c1-10(8-13,9-14)7-12-11(2)5-3-4-6-11/h12-14H,3-9H2,1-2H3. The Bertz CT molecular complexity index is 168. The predicted molar refractivity (Wildman–Crippen MR) is 57.2 cm³/mol. The molecule has 3 heteroatoms. The van der Waals surface area contributed by atoms with Crippen LogP contribution in [0.5, 0.6) is 0 Å². The molecule has 0 unspecified atom stereocenters. The van der Waals surface area contributed by atoms with Gasteiger partial charge in [0.05, 0.1) is 13.2 Å². The van der Waals surface area contributed by atoms with Crippen molar-refractivity contribution in [3.8, 4) is 0 Å². The van der Waals surface area contributed by atoms with Crippen molar-refractivity contribution in [2.45, 2.75) is 45.1 Å². The van der Waals surface area contributed by atoms with Crippen LogP contribution in [0, 0.1) is 5.41 Å². The summed E-state index contributed by atoms with van der Waals surface area (Å²) in [5.74, 6) is 0. The lowest BCUT2D eigenvalue weighted by molar-refractivity contribution is 0.0627. The minimum absolute atomic E-state index is 0.0343. The highest BCUT2D eigenvalue weighted by molar-refractivity contribution is 4.90. The Morgan fingerprint density at radius 1 is 1.21 bits per heavy atom. The van der Waals surface area contributed by atoms with Gasteiger partial charge in [-0.25, -0.2) is 0 Å². The zero-order valence-electron chi connectivity index (χ0n) is 9.34. The Hall–Kier alpha value is -0.120. The first-order valence-corrected chi connectivity index (χ1v) is 5.50. The Morgan fingerprint density at radius 3 is 2.14 bits per heavy atom. The second-order valence-corrected chi connectivity index (χ2v) is 5.25. The molecule has 0 aliphatic heterocycles. The summed E-state index contributed by atoms with van der Waals surface area (Å²) < 4.78 is 0. The molecule has 0 radical (unpaired) electrons. The second-order valence-electron chi connectivity index (χ2n) is 5.25. The molecule has 84 valence electrons. The van der Waals surface area contributed by atoms with Crippen LogP contribution in [0.15, 0.2) is 0 Å². The Balaban J connectivity index is 2.38. The predicted octanol–water partition coefficient (Wildman–Crippen LogP) is 0.900. The second kappa shape index (κ2) is 4.60. The summed E-state index contributed by atoms with van der Waals surface area (Å²) in [6, 6.07) is 0. The highest BCUT2D eigenvalue weighted by atomic mass is 16.3. The summed E-state index contributed by atoms with van der Waals surface area (Å²) in [5.41, 5.74) is -0.156. The molecule has 0 heterocycles. The van der Waals surface area contributed by atoms with Gasteiger partial charge < -0.3 is 15.5 Å². The van der Waals surface area contributed by atoms with E-state index in [1.165, 1.54) is 25.7 Å². The summed E-state index contributed by atoms with van der Waals surface area (Å²) in [4.78, 5) is 0. The van der Waals surface area contributed by atoms with Crippen LogP contribution in [0.25, 0.3) is 0 Å². The molecule has 1 fully saturated rings. The lowest BCUT2D eigenvalue weighted by Gasteiger charge is -2.32. The quantitative estimate of drug-likeness (QED) is 0.619. The van der Waals surface area contributed by atoms with Crippen molar-refractivity contribution < 1.29 is 10.2 Å². The molecule has 3 nitrogen and oxygen atoms in total. The molecule has 0 amide bonds. The van der Waals surface area contributed by atoms with Gasteiger partial charge in [-0.05, 0) is 19.8 Å². The van der Waals surface area contributed by atoms with Gasteiger partial charge in [0.1, 0.15) is 0 Å². The third kappa shape index (κ3) is 2.94. The van der Waals surface area contributed by atoms with Gasteiger partial charge in [0.2, 0.25) is 0 Å². The molecular weight excluding hydrogens is 178 g/mol. The third-order valence-corrected chi connectivity index (χ3v) is 3.41. The monoisotopic (exact) mass is 201 g/mol. The van der Waals surface area contributed by atoms with Gasteiger partial charge in [0.25, 0.3) is 0 Å². The maximum atomic E-state index is 9.14. The van der Waals surface area contributed by atoms with Crippen molar-refractivity contribution in [1.29, 1.82) is 0 Å². The topological polar surface area (TPSA) is 52.5 Å². The Labute approximate surface area is 86.5 Å². The van der Waals surface area contributed by atoms with E-state index in [1.807, 2.05) is 6.92 Å². The van der Waals surface area contributed by atoms with E-state index in [2.05, 4.69) is 12.2 Å². The number of nitrogens with one attached hydrogen (secondary N) is 1. The van der Waals surface area contributed by atoms with Gasteiger partial charge in [-0.3, -0.25) is 0 Å². The van der Waals surface area contributed by atoms with Gasteiger partial charge in [-0.2, -0.15) is 0 Å². The summed E-state index contributed by atoms with van der Waals surface area (Å²) in [7, 11) is 0. The van der Waals surface area contributed by atoms with E-state index in [-0.39, 0.29) is 24.2 Å². The number of rotatable bonds is 5. The van der Waals surface area contributed by atoms with Crippen molar-refractivity contribution in [2.24, 2.45) is 5.41 Å². The first kappa shape index (κ1) is 12.0. The zero-order valence-corrected chi connectivity index (χ0v) is 9.34. The molecule has 1 aliphatic carbocycles. The largest absolute Gasteiger partial charge is 0.396 e. The van der Waals surface area contributed by atoms with E-state index in [1.54, 1.807) is 0 Å². The molecule has 0 spiro atoms. The fraction of sp³-hybridized carbons (Fsp3) is 1.00. The Kier molecular flexibility index (Phi) is 3.93. The zero-order chi connectivity index (χ0) is 10.7. The SMILES string of the molecule is CC(CO)(CO)CNC1(C)CCCC1. The minimum Gasteiger partial charge on any atom is -0.396 e. The van der Waals surface area contributed by atoms with Gasteiger partial charge in [0.15, 0.2) is 0 Å². The third-order valence-electron chi connectivity index (χ3n) is 3.41. The van der Waals surface area contributed by atoms with E-state index >= 15 is 0 Å². The molecule has 0 aromatic heterocycles. The summed E-state index contributed by atoms with van der Waals surface area (Å²) >= 11 is 0. The number of aliphatic hydroxyl groups is 2. The van der Waals surface area contributed by atoms with Crippen molar-refractivity contribution >= 4 is 0 Å². The molecule has 0 aromatic rings. The van der Waals surface area contributed by atoms with Crippen LogP contribution in [0.3, 0.4) is 0 Å². The van der Waals surface area contributed by atoms with Gasteiger partial charge >= 0.3 is 0 Å². The van der Waals surface area contributed by atoms with Crippen LogP contribution in [0.4, 0.5) is 0 Å². The Morgan fingerprint density at radius 2 is 1.71 bits per heavy atom. The maximum Gasteiger partial charge on any atom is 0.0519 e. The van der Waals surface area contributed by atoms with E-state index in [0.717, 1.165) is 0 Å². The fourth-order valence-electron chi connectivity index (χ4n) is 1.92. The molecule has 1 saturated carbocycles. The first-order valence-electron chi connectivity index (χ1n) is 5.50. The van der Waals surface area contributed by atoms with Gasteiger partial charge in [-0.1, -0.05) is 19.8 Å². The molecule has 0 atom stereocenters. The van der Waals surface area contributed by atoms with Gasteiger partial charge in [-0.15, -0.1) is 0 Å². The molecule has 14 heavy (non-hydrogen) atoms. The summed E-state index contributed by atoms with van der Waals surface area (Å²) in [5, 5.41) is 21.8. The van der Waals surface area contributed by atoms with Crippen LogP contribution in [-0.2, 0) is 0 Å². The van der Waals surface area contributed by atoms with Crippen molar-refractivity contribution in [3.63, 3.8) is 0 Å². The van der Waals surface area contributed by atoms with E-state index in [9.17, 15) is 0 Å². The van der Waals surface area contributed by atoms with E-state index in [0.29, 0.717) is 6.54 Å². The molecule has 1 rings (SSSR count). The highest BCUT2D eigenvalue weighted by Crippen LogP contribution is 2.29. The van der Waals surface area contributed by atoms with Crippen molar-refractivity contribution in [1.82, 2.24) is 5.32 Å². The molecule has 0 saturated heterocycles. The average Bonchev–Trinajstić information content (AvgIpc) is 2.63. The van der Waals surface area contributed by atoms with Gasteiger partial charge in [0, 0.05) is 17.5 Å². The maximum absolute atomic E-state index is 9.14. The van der Waals surface area contributed by atoms with Crippen LogP contribution < -0.4 is 5.32 Å². The lowest BCUT2D eigenvalue weighted by atomic mass is 9.90. The average molecular weight is 201 g/mol. The van der Waals surface area contributed by atoms with Crippen molar-refractivity contribution in [3.05, 3.63) is 0 Å². The van der Waals surface area contributed by atoms with Crippen LogP contribution >= 0.6 is 0 Å². The number of hydrogen-bond donors (Lipinski definition) is 3. The normalized spacial score (nSPS) is 21.4. The summed E-state index contributed by atoms with van der Waals surface area (Å²) in [6.07, 6.45) is 5.00. The number of hydrogen-bond acceptors (Lipinski definition) is 3. The molecule has 0 bridgehead atoms. The summed E-state index contributed by atoms with van der Waals surface area (Å²) in [6.45, 7) is 4.89. The molecule has 1 aliphatic rings. The first-order chi connectivity index (χ1) is 6.54. The van der Waals surface area contributed by atoms with Crippen LogP contribution in [0.1, 0.15) is 39.5 Å². The fourth-order valence-corrected chi connectivity index (χ4v) is 1.92. The minimum atomic E-state index is -0.383. The molecular formula is C11H23NO2. The smallest absolute Gasteiger partial charge is 0.0519 e. The molecule has 0 aromatic carbocycles. The lowest BCUT2D eigenvalue weighted by Crippen LogP contribution is -2.47. The highest BCUT2D eigenvalue weighted by Gasteiger charge is 2.31. The van der Waals surface area contributed by atoms with Crippen LogP contribution in [-0.4, -0.2) is 35.5 Å². The number of aliphatic hydroxyl groups excluding tert-OH is 2. The molecule has 3 N–H and O–H groups in total. The van der Waals surface area contributed by atoms with E-state index < -0.39 is 0 Å². The van der Waals surface area contributed by atoms with Crippen LogP contribution in [0.2, 0.25) is 0 Å². The van der Waals surface area contributed by atoms with E-state index in [4.69, 9.17) is 10.2 Å².